The fourth-order valence-corrected chi connectivity index (χ4v) is 5.00. The van der Waals surface area contributed by atoms with E-state index in [9.17, 15) is 36.3 Å². The number of carbonyl (C=O) groups is 2. The number of aromatic nitrogens is 1. The van der Waals surface area contributed by atoms with Gasteiger partial charge in [0.15, 0.2) is 9.84 Å². The number of hydrogen-bond acceptors (Lipinski definition) is 4. The van der Waals surface area contributed by atoms with Gasteiger partial charge in [-0.1, -0.05) is 24.3 Å². The lowest BCUT2D eigenvalue weighted by Crippen LogP contribution is -2.14. The highest BCUT2D eigenvalue weighted by molar-refractivity contribution is 7.90. The Morgan fingerprint density at radius 1 is 0.897 bits per heavy atom. The third-order valence-electron chi connectivity index (χ3n) is 6.21. The van der Waals surface area contributed by atoms with E-state index in [0.29, 0.717) is 17.1 Å². The van der Waals surface area contributed by atoms with Gasteiger partial charge in [0.25, 0.3) is 5.91 Å². The van der Waals surface area contributed by atoms with Crippen LogP contribution in [0, 0.1) is 13.8 Å². The van der Waals surface area contributed by atoms with Crippen LogP contribution in [0.4, 0.5) is 18.9 Å². The van der Waals surface area contributed by atoms with Crippen molar-refractivity contribution in [3.8, 4) is 16.8 Å². The maximum Gasteiger partial charge on any atom is 0.416 e. The first-order valence-corrected chi connectivity index (χ1v) is 13.4. The molecule has 0 saturated carbocycles. The number of nitrogens with zero attached hydrogens (tertiary/aromatic N) is 1. The van der Waals surface area contributed by atoms with Gasteiger partial charge in [-0.15, -0.1) is 0 Å². The lowest BCUT2D eigenvalue weighted by molar-refractivity contribution is -0.137. The van der Waals surface area contributed by atoms with Crippen molar-refractivity contribution in [2.24, 2.45) is 0 Å². The number of para-hydroxylation sites is 1. The van der Waals surface area contributed by atoms with Crippen LogP contribution in [0.1, 0.15) is 37.7 Å². The van der Waals surface area contributed by atoms with E-state index >= 15 is 0 Å². The number of sulfone groups is 1. The van der Waals surface area contributed by atoms with Crippen LogP contribution < -0.4 is 5.32 Å². The quantitative estimate of drug-likeness (QED) is 0.297. The second-order valence-corrected chi connectivity index (χ2v) is 11.0. The summed E-state index contributed by atoms with van der Waals surface area (Å²) in [6, 6.07) is 16.1. The van der Waals surface area contributed by atoms with Crippen molar-refractivity contribution in [1.29, 1.82) is 0 Å². The zero-order valence-electron chi connectivity index (χ0n) is 21.0. The first kappa shape index (κ1) is 27.6. The summed E-state index contributed by atoms with van der Waals surface area (Å²) in [5.74, 6) is -1.82. The van der Waals surface area contributed by atoms with Crippen LogP contribution >= 0.6 is 0 Å². The summed E-state index contributed by atoms with van der Waals surface area (Å²) >= 11 is 0. The molecule has 39 heavy (non-hydrogen) atoms. The van der Waals surface area contributed by atoms with Crippen molar-refractivity contribution in [2.75, 3.05) is 11.6 Å². The second-order valence-electron chi connectivity index (χ2n) is 8.96. The predicted molar refractivity (Wildman–Crippen MR) is 140 cm³/mol. The Morgan fingerprint density at radius 2 is 1.54 bits per heavy atom. The minimum Gasteiger partial charge on any atom is -0.478 e. The monoisotopic (exact) mass is 556 g/mol. The van der Waals surface area contributed by atoms with E-state index in [1.54, 1.807) is 19.9 Å². The summed E-state index contributed by atoms with van der Waals surface area (Å²) < 4.78 is 65.2. The first-order valence-electron chi connectivity index (χ1n) is 11.5. The van der Waals surface area contributed by atoms with Crippen LogP contribution in [0.25, 0.3) is 16.8 Å². The molecule has 0 aliphatic heterocycles. The summed E-state index contributed by atoms with van der Waals surface area (Å²) in [4.78, 5) is 25.4. The molecular weight excluding hydrogens is 533 g/mol. The maximum atomic E-state index is 13.4. The van der Waals surface area contributed by atoms with E-state index in [-0.39, 0.29) is 32.8 Å². The standard InChI is InChI=1S/C28H23F3N2O5S/c1-16-14-24(26(34)32-20-10-12-21(13-11-20)39(3,37)38)17(2)33(16)25-22(8-5-9-23(25)27(35)36)18-6-4-7-19(15-18)28(29,30)31/h4-15H,1-3H3,(H,32,34)(H,35,36). The molecule has 0 unspecified atom stereocenters. The number of halogens is 3. The topological polar surface area (TPSA) is 105 Å². The molecule has 11 heteroatoms. The first-order chi connectivity index (χ1) is 18.2. The third-order valence-corrected chi connectivity index (χ3v) is 7.34. The molecule has 4 rings (SSSR count). The van der Waals surface area contributed by atoms with Gasteiger partial charge in [0.1, 0.15) is 0 Å². The van der Waals surface area contributed by atoms with E-state index in [0.717, 1.165) is 18.4 Å². The molecule has 3 aromatic carbocycles. The molecule has 1 aromatic heterocycles. The molecule has 0 atom stereocenters. The number of rotatable bonds is 6. The number of hydrogen-bond donors (Lipinski definition) is 2. The van der Waals surface area contributed by atoms with Gasteiger partial charge >= 0.3 is 12.1 Å². The molecule has 4 aromatic rings. The number of nitrogens with one attached hydrogen (secondary N) is 1. The molecule has 0 saturated heterocycles. The van der Waals surface area contributed by atoms with Crippen molar-refractivity contribution in [2.45, 2.75) is 24.9 Å². The lowest BCUT2D eigenvalue weighted by atomic mass is 9.97. The van der Waals surface area contributed by atoms with E-state index in [4.69, 9.17) is 0 Å². The molecule has 0 radical (unpaired) electrons. The zero-order chi connectivity index (χ0) is 28.7. The SMILES string of the molecule is Cc1cc(C(=O)Nc2ccc(S(C)(=O)=O)cc2)c(C)n1-c1c(C(=O)O)cccc1-c1cccc(C(F)(F)F)c1. The van der Waals surface area contributed by atoms with Gasteiger partial charge in [-0.25, -0.2) is 13.2 Å². The second kappa shape index (κ2) is 10.1. The van der Waals surface area contributed by atoms with E-state index in [2.05, 4.69) is 5.32 Å². The molecule has 7 nitrogen and oxygen atoms in total. The van der Waals surface area contributed by atoms with Gasteiger partial charge in [0, 0.05) is 28.9 Å². The van der Waals surface area contributed by atoms with Gasteiger partial charge in [0.2, 0.25) is 0 Å². The summed E-state index contributed by atoms with van der Waals surface area (Å²) in [6.07, 6.45) is -3.53. The van der Waals surface area contributed by atoms with Crippen LogP contribution in [-0.2, 0) is 16.0 Å². The number of alkyl halides is 3. The fourth-order valence-electron chi connectivity index (χ4n) is 4.37. The van der Waals surface area contributed by atoms with Crippen LogP contribution in [0.3, 0.4) is 0 Å². The predicted octanol–water partition coefficient (Wildman–Crippen LogP) is 6.13. The number of carboxylic acid groups (broad SMARTS) is 1. The Hall–Kier alpha value is -4.38. The normalized spacial score (nSPS) is 11.8. The van der Waals surface area contributed by atoms with Gasteiger partial charge < -0.3 is 15.0 Å². The van der Waals surface area contributed by atoms with E-state index in [1.807, 2.05) is 0 Å². The molecule has 0 spiro atoms. The van der Waals surface area contributed by atoms with Crippen LogP contribution in [-0.4, -0.2) is 36.2 Å². The summed E-state index contributed by atoms with van der Waals surface area (Å²) in [5, 5.41) is 12.6. The van der Waals surface area contributed by atoms with Gasteiger partial charge in [-0.3, -0.25) is 4.79 Å². The maximum absolute atomic E-state index is 13.4. The molecule has 2 N–H and O–H groups in total. The lowest BCUT2D eigenvalue weighted by Gasteiger charge is -2.19. The molecular formula is C28H23F3N2O5S. The van der Waals surface area contributed by atoms with E-state index < -0.39 is 33.5 Å². The van der Waals surface area contributed by atoms with Gasteiger partial charge in [-0.2, -0.15) is 13.2 Å². The van der Waals surface area contributed by atoms with Crippen molar-refractivity contribution in [3.63, 3.8) is 0 Å². The van der Waals surface area contributed by atoms with Crippen molar-refractivity contribution in [1.82, 2.24) is 4.57 Å². The van der Waals surface area contributed by atoms with Crippen molar-refractivity contribution >= 4 is 27.4 Å². The average molecular weight is 557 g/mol. The number of anilines is 1. The molecule has 1 amide bonds. The average Bonchev–Trinajstić information content (AvgIpc) is 3.16. The van der Waals surface area contributed by atoms with Crippen LogP contribution in [0.15, 0.2) is 77.7 Å². The smallest absolute Gasteiger partial charge is 0.416 e. The number of amides is 1. The molecule has 202 valence electrons. The van der Waals surface area contributed by atoms with Gasteiger partial charge in [0.05, 0.1) is 27.3 Å². The summed E-state index contributed by atoms with van der Waals surface area (Å²) in [6.45, 7) is 3.25. The highest BCUT2D eigenvalue weighted by Crippen LogP contribution is 2.37. The molecule has 0 fully saturated rings. The molecule has 0 aliphatic rings. The number of aryl methyl sites for hydroxylation is 1. The Labute approximate surface area is 222 Å². The van der Waals surface area contributed by atoms with Crippen LogP contribution in [0.5, 0.6) is 0 Å². The largest absolute Gasteiger partial charge is 0.478 e. The Morgan fingerprint density at radius 3 is 2.13 bits per heavy atom. The highest BCUT2D eigenvalue weighted by Gasteiger charge is 2.31. The number of carboxylic acids is 1. The zero-order valence-corrected chi connectivity index (χ0v) is 21.8. The summed E-state index contributed by atoms with van der Waals surface area (Å²) in [5.41, 5.74) is 0.869. The Kier molecular flexibility index (Phi) is 7.14. The van der Waals surface area contributed by atoms with Crippen LogP contribution in [0.2, 0.25) is 0 Å². The summed E-state index contributed by atoms with van der Waals surface area (Å²) in [7, 11) is -3.42. The molecule has 0 bridgehead atoms. The molecule has 1 heterocycles. The third kappa shape index (κ3) is 5.58. The minimum absolute atomic E-state index is 0.0890. The number of aromatic carboxylic acids is 1. The fraction of sp³-hybridized carbons (Fsp3) is 0.143. The minimum atomic E-state index is -4.59. The van der Waals surface area contributed by atoms with E-state index in [1.165, 1.54) is 59.2 Å². The number of benzene rings is 3. The molecule has 0 aliphatic carbocycles. The van der Waals surface area contributed by atoms with Crippen molar-refractivity contribution in [3.05, 3.63) is 101 Å². The Bertz CT molecular complexity index is 1710. The van der Waals surface area contributed by atoms with Crippen molar-refractivity contribution < 1.29 is 36.3 Å². The highest BCUT2D eigenvalue weighted by atomic mass is 32.2. The van der Waals surface area contributed by atoms with Gasteiger partial charge in [-0.05, 0) is 67.9 Å². The number of carbonyl (C=O) groups excluding carboxylic acids is 1. The Balaban J connectivity index is 1.82.